The van der Waals surface area contributed by atoms with Crippen LogP contribution in [-0.4, -0.2) is 24.0 Å². The summed E-state index contributed by atoms with van der Waals surface area (Å²) in [5, 5.41) is 2.25. The Morgan fingerprint density at radius 2 is 2.10 bits per heavy atom. The minimum Gasteiger partial charge on any atom is -0.325 e. The van der Waals surface area contributed by atoms with E-state index in [1.54, 1.807) is 0 Å². The Hall–Kier alpha value is -1.28. The molecule has 112 valence electrons. The Balaban J connectivity index is 2.81. The predicted octanol–water partition coefficient (Wildman–Crippen LogP) is 2.86. The van der Waals surface area contributed by atoms with E-state index in [1.165, 1.54) is 11.8 Å². The second kappa shape index (κ2) is 6.94. The standard InChI is InChI=1S/C12H14F4N2OS/c1-20-5-4-10(17)11(19)18-7-2-3-9(13)8(6-7)12(14,15)16/h2-3,6,10H,4-5,17H2,1H3,(H,18,19)/t10-/m0/s1. The molecular weight excluding hydrogens is 296 g/mol. The van der Waals surface area contributed by atoms with Crippen LogP contribution >= 0.6 is 11.8 Å². The second-order valence-corrected chi connectivity index (χ2v) is 5.06. The fourth-order valence-electron chi connectivity index (χ4n) is 1.43. The zero-order valence-corrected chi connectivity index (χ0v) is 11.4. The Morgan fingerprint density at radius 1 is 1.45 bits per heavy atom. The number of alkyl halides is 3. The van der Waals surface area contributed by atoms with Crippen LogP contribution in [0.15, 0.2) is 18.2 Å². The first-order valence-corrected chi connectivity index (χ1v) is 7.07. The third kappa shape index (κ3) is 4.68. The van der Waals surface area contributed by atoms with Crippen molar-refractivity contribution in [1.82, 2.24) is 0 Å². The van der Waals surface area contributed by atoms with E-state index >= 15 is 0 Å². The van der Waals surface area contributed by atoms with Gasteiger partial charge in [0.05, 0.1) is 11.6 Å². The highest BCUT2D eigenvalue weighted by atomic mass is 32.2. The van der Waals surface area contributed by atoms with Crippen LogP contribution in [0.4, 0.5) is 23.2 Å². The molecule has 3 N–H and O–H groups in total. The van der Waals surface area contributed by atoms with Crippen molar-refractivity contribution in [2.75, 3.05) is 17.3 Å². The van der Waals surface area contributed by atoms with Gasteiger partial charge in [-0.3, -0.25) is 4.79 Å². The van der Waals surface area contributed by atoms with Crippen molar-refractivity contribution < 1.29 is 22.4 Å². The summed E-state index contributed by atoms with van der Waals surface area (Å²) in [5.74, 6) is -1.33. The van der Waals surface area contributed by atoms with Gasteiger partial charge in [-0.2, -0.15) is 24.9 Å². The summed E-state index contributed by atoms with van der Waals surface area (Å²) in [5.41, 5.74) is 4.02. The highest BCUT2D eigenvalue weighted by Gasteiger charge is 2.34. The molecule has 0 unspecified atom stereocenters. The van der Waals surface area contributed by atoms with Gasteiger partial charge in [0.1, 0.15) is 5.82 Å². The molecule has 8 heteroatoms. The summed E-state index contributed by atoms with van der Waals surface area (Å²) in [6.07, 6.45) is -2.56. The monoisotopic (exact) mass is 310 g/mol. The molecule has 20 heavy (non-hydrogen) atoms. The Morgan fingerprint density at radius 3 is 2.65 bits per heavy atom. The number of rotatable bonds is 5. The molecule has 1 aromatic rings. The smallest absolute Gasteiger partial charge is 0.325 e. The molecule has 3 nitrogen and oxygen atoms in total. The van der Waals surface area contributed by atoms with E-state index in [9.17, 15) is 22.4 Å². The summed E-state index contributed by atoms with van der Waals surface area (Å²) in [6, 6.07) is 1.45. The number of nitrogens with one attached hydrogen (secondary N) is 1. The molecule has 0 saturated heterocycles. The van der Waals surface area contributed by atoms with Gasteiger partial charge in [-0.1, -0.05) is 0 Å². The highest BCUT2D eigenvalue weighted by Crippen LogP contribution is 2.32. The molecular formula is C12H14F4N2OS. The topological polar surface area (TPSA) is 55.1 Å². The lowest BCUT2D eigenvalue weighted by atomic mass is 10.1. The van der Waals surface area contributed by atoms with E-state index in [4.69, 9.17) is 5.73 Å². The lowest BCUT2D eigenvalue weighted by Gasteiger charge is -2.14. The number of carbonyl (C=O) groups is 1. The molecule has 0 radical (unpaired) electrons. The van der Waals surface area contributed by atoms with Gasteiger partial charge in [-0.15, -0.1) is 0 Å². The molecule has 0 fully saturated rings. The molecule has 0 aliphatic carbocycles. The fraction of sp³-hybridized carbons (Fsp3) is 0.417. The SMILES string of the molecule is CSCC[C@H](N)C(=O)Nc1ccc(F)c(C(F)(F)F)c1. The molecule has 0 heterocycles. The van der Waals surface area contributed by atoms with Gasteiger partial charge in [0.15, 0.2) is 0 Å². The number of thioether (sulfide) groups is 1. The minimum atomic E-state index is -4.81. The van der Waals surface area contributed by atoms with Gasteiger partial charge in [0, 0.05) is 5.69 Å². The van der Waals surface area contributed by atoms with Crippen molar-refractivity contribution in [2.24, 2.45) is 5.73 Å². The van der Waals surface area contributed by atoms with Crippen molar-refractivity contribution in [2.45, 2.75) is 18.6 Å². The molecule has 1 atom stereocenters. The van der Waals surface area contributed by atoms with Crippen LogP contribution in [0.2, 0.25) is 0 Å². The second-order valence-electron chi connectivity index (χ2n) is 4.07. The maximum atomic E-state index is 13.1. The van der Waals surface area contributed by atoms with Gasteiger partial charge in [-0.05, 0) is 36.6 Å². The number of hydrogen-bond acceptors (Lipinski definition) is 3. The van der Waals surface area contributed by atoms with Crippen LogP contribution in [0.5, 0.6) is 0 Å². The van der Waals surface area contributed by atoms with E-state index in [2.05, 4.69) is 5.32 Å². The van der Waals surface area contributed by atoms with Crippen molar-refractivity contribution in [3.8, 4) is 0 Å². The van der Waals surface area contributed by atoms with Crippen LogP contribution in [0.3, 0.4) is 0 Å². The van der Waals surface area contributed by atoms with Crippen molar-refractivity contribution in [3.63, 3.8) is 0 Å². The number of halogens is 4. The van der Waals surface area contributed by atoms with Crippen molar-refractivity contribution >= 4 is 23.4 Å². The Bertz CT molecular complexity index is 479. The number of amides is 1. The average Bonchev–Trinajstić information content (AvgIpc) is 2.36. The zero-order chi connectivity index (χ0) is 15.3. The first-order valence-electron chi connectivity index (χ1n) is 5.68. The van der Waals surface area contributed by atoms with Crippen LogP contribution in [-0.2, 0) is 11.0 Å². The summed E-state index contributed by atoms with van der Waals surface area (Å²) in [6.45, 7) is 0. The Labute approximate surface area is 117 Å². The number of anilines is 1. The quantitative estimate of drug-likeness (QED) is 0.822. The summed E-state index contributed by atoms with van der Waals surface area (Å²) in [7, 11) is 0. The lowest BCUT2D eigenvalue weighted by Crippen LogP contribution is -2.36. The van der Waals surface area contributed by atoms with Gasteiger partial charge in [-0.25, -0.2) is 4.39 Å². The first-order chi connectivity index (χ1) is 9.25. The maximum Gasteiger partial charge on any atom is 0.419 e. The lowest BCUT2D eigenvalue weighted by molar-refractivity contribution is -0.140. The molecule has 0 aromatic heterocycles. The molecule has 0 saturated carbocycles. The third-order valence-electron chi connectivity index (χ3n) is 2.51. The molecule has 0 aliphatic rings. The van der Waals surface area contributed by atoms with E-state index in [0.717, 1.165) is 6.07 Å². The molecule has 0 bridgehead atoms. The number of benzene rings is 1. The number of nitrogens with two attached hydrogens (primary N) is 1. The highest BCUT2D eigenvalue weighted by molar-refractivity contribution is 7.98. The van der Waals surface area contributed by atoms with Gasteiger partial charge in [0.2, 0.25) is 5.91 Å². The number of hydrogen-bond donors (Lipinski definition) is 2. The largest absolute Gasteiger partial charge is 0.419 e. The molecule has 0 aliphatic heterocycles. The van der Waals surface area contributed by atoms with Crippen LogP contribution in [0, 0.1) is 5.82 Å². The normalized spacial score (nSPS) is 13.1. The van der Waals surface area contributed by atoms with Gasteiger partial charge >= 0.3 is 6.18 Å². The molecule has 1 rings (SSSR count). The maximum absolute atomic E-state index is 13.1. The molecule has 1 aromatic carbocycles. The summed E-state index contributed by atoms with van der Waals surface area (Å²) >= 11 is 1.50. The van der Waals surface area contributed by atoms with E-state index in [0.29, 0.717) is 24.3 Å². The fourth-order valence-corrected chi connectivity index (χ4v) is 1.92. The van der Waals surface area contributed by atoms with Crippen LogP contribution in [0.1, 0.15) is 12.0 Å². The van der Waals surface area contributed by atoms with E-state index in [-0.39, 0.29) is 5.69 Å². The van der Waals surface area contributed by atoms with Crippen molar-refractivity contribution in [3.05, 3.63) is 29.6 Å². The summed E-state index contributed by atoms with van der Waals surface area (Å²) < 4.78 is 50.6. The molecule has 1 amide bonds. The molecule has 0 spiro atoms. The minimum absolute atomic E-state index is 0.136. The van der Waals surface area contributed by atoms with Gasteiger partial charge < -0.3 is 11.1 Å². The first kappa shape index (κ1) is 16.8. The summed E-state index contributed by atoms with van der Waals surface area (Å²) in [4.78, 5) is 11.6. The van der Waals surface area contributed by atoms with Crippen LogP contribution < -0.4 is 11.1 Å². The zero-order valence-electron chi connectivity index (χ0n) is 10.6. The van der Waals surface area contributed by atoms with Crippen molar-refractivity contribution in [1.29, 1.82) is 0 Å². The average molecular weight is 310 g/mol. The van der Waals surface area contributed by atoms with E-state index < -0.39 is 29.5 Å². The Kier molecular flexibility index (Phi) is 5.82. The van der Waals surface area contributed by atoms with Crippen LogP contribution in [0.25, 0.3) is 0 Å². The predicted molar refractivity (Wildman–Crippen MR) is 71.0 cm³/mol. The third-order valence-corrected chi connectivity index (χ3v) is 3.15. The number of carbonyl (C=O) groups excluding carboxylic acids is 1. The van der Waals surface area contributed by atoms with Gasteiger partial charge in [0.25, 0.3) is 0 Å². The van der Waals surface area contributed by atoms with E-state index in [1.807, 2.05) is 6.26 Å².